The first-order valence-corrected chi connectivity index (χ1v) is 6.18. The van der Waals surface area contributed by atoms with Gasteiger partial charge in [0.25, 0.3) is 0 Å². The number of carboxylic acids is 5. The molecule has 0 amide bonds. The van der Waals surface area contributed by atoms with Gasteiger partial charge in [-0.2, -0.15) is 0 Å². The second kappa shape index (κ2) is 20.1. The molecule has 0 aromatic carbocycles. The van der Waals surface area contributed by atoms with E-state index in [9.17, 15) is 39.3 Å². The normalized spacial score (nSPS) is 8.96. The smallest absolute Gasteiger partial charge is 0.550 e. The van der Waals surface area contributed by atoms with Crippen LogP contribution in [0.1, 0.15) is 38.5 Å². The molecule has 0 aliphatic carbocycles. The molecule has 11 nitrogen and oxygen atoms in total. The third-order valence-corrected chi connectivity index (χ3v) is 2.28. The van der Waals surface area contributed by atoms with Crippen molar-refractivity contribution in [1.82, 2.24) is 0 Å². The third-order valence-electron chi connectivity index (χ3n) is 2.28. The van der Waals surface area contributed by atoms with Gasteiger partial charge in [0.1, 0.15) is 5.60 Å². The van der Waals surface area contributed by atoms with E-state index in [0.717, 1.165) is 0 Å². The maximum atomic E-state index is 10.1. The molecule has 0 saturated heterocycles. The number of hydrogen-bond acceptors (Lipinski definition) is 9. The van der Waals surface area contributed by atoms with Crippen LogP contribution in [0.15, 0.2) is 0 Å². The van der Waals surface area contributed by atoms with Crippen molar-refractivity contribution in [3.05, 3.63) is 0 Å². The summed E-state index contributed by atoms with van der Waals surface area (Å²) in [6, 6.07) is 0. The molecule has 0 aromatic rings. The molecule has 0 rings (SSSR count). The monoisotopic (exact) mass is 404 g/mol. The van der Waals surface area contributed by atoms with E-state index >= 15 is 0 Å². The van der Waals surface area contributed by atoms with E-state index in [0.29, 0.717) is 12.8 Å². The molecule has 0 aromatic heterocycles. The topological polar surface area (TPSA) is 215 Å². The zero-order valence-corrected chi connectivity index (χ0v) is 20.9. The molecule has 26 heavy (non-hydrogen) atoms. The van der Waals surface area contributed by atoms with Crippen LogP contribution in [0, 0.1) is 0 Å². The van der Waals surface area contributed by atoms with E-state index in [1.54, 1.807) is 0 Å². The summed E-state index contributed by atoms with van der Waals surface area (Å²) in [5.74, 6) is -7.72. The zero-order valence-electron chi connectivity index (χ0n) is 14.9. The van der Waals surface area contributed by atoms with E-state index in [1.165, 1.54) is 0 Å². The molecule has 0 fully saturated rings. The van der Waals surface area contributed by atoms with Gasteiger partial charge in [0.15, 0.2) is 0 Å². The Morgan fingerprint density at radius 3 is 1.12 bits per heavy atom. The van der Waals surface area contributed by atoms with Crippen LogP contribution in [0.4, 0.5) is 0 Å². The van der Waals surface area contributed by atoms with Gasteiger partial charge in [0, 0.05) is 37.6 Å². The van der Waals surface area contributed by atoms with Crippen LogP contribution in [0.25, 0.3) is 0 Å². The molecule has 0 unspecified atom stereocenters. The van der Waals surface area contributed by atoms with Crippen molar-refractivity contribution < 1.29 is 143 Å². The Labute approximate surface area is 215 Å². The van der Waals surface area contributed by atoms with Crippen molar-refractivity contribution in [2.24, 2.45) is 0 Å². The van der Waals surface area contributed by atoms with Crippen LogP contribution in [0.3, 0.4) is 0 Å². The maximum absolute atomic E-state index is 10.1. The summed E-state index contributed by atoms with van der Waals surface area (Å²) in [5.41, 5.74) is -2.97. The second-order valence-electron chi connectivity index (χ2n) is 4.41. The number of aliphatic carboxylic acids is 5. The molecular weight excluding hydrogens is 389 g/mol. The van der Waals surface area contributed by atoms with Gasteiger partial charge in [-0.25, -0.2) is 0 Å². The van der Waals surface area contributed by atoms with E-state index in [4.69, 9.17) is 15.3 Å². The van der Waals surface area contributed by atoms with Crippen molar-refractivity contribution in [2.75, 3.05) is 0 Å². The summed E-state index contributed by atoms with van der Waals surface area (Å²) >= 11 is 0. The molecule has 14 heteroatoms. The fourth-order valence-corrected chi connectivity index (χ4v) is 1.24. The Kier molecular flexibility index (Phi) is 28.6. The summed E-state index contributed by atoms with van der Waals surface area (Å²) in [7, 11) is 0. The number of aliphatic hydroxyl groups is 1. The van der Waals surface area contributed by atoms with Gasteiger partial charge >= 0.3 is 101 Å². The molecule has 0 saturated carbocycles. The van der Waals surface area contributed by atoms with Crippen molar-refractivity contribution >= 4 is 29.8 Å². The molecule has 0 aliphatic rings. The van der Waals surface area contributed by atoms with Crippen LogP contribution in [0.5, 0.6) is 0 Å². The van der Waals surface area contributed by atoms with Crippen LogP contribution in [-0.4, -0.2) is 50.8 Å². The minimum atomic E-state index is -2.97. The quantitative estimate of drug-likeness (QED) is 0.229. The summed E-state index contributed by atoms with van der Waals surface area (Å²) < 4.78 is 0. The van der Waals surface area contributed by atoms with Crippen LogP contribution >= 0.6 is 0 Å². The minimum Gasteiger partial charge on any atom is -0.550 e. The number of rotatable bonds is 10. The van der Waals surface area contributed by atoms with Gasteiger partial charge in [0.2, 0.25) is 0 Å². The molecule has 0 aliphatic heterocycles. The summed E-state index contributed by atoms with van der Waals surface area (Å²) in [6.07, 6.45) is -1.70. The second-order valence-corrected chi connectivity index (χ2v) is 4.41. The Hall–Kier alpha value is 0.310. The molecule has 0 heterocycles. The van der Waals surface area contributed by atoms with Crippen LogP contribution in [-0.2, 0) is 24.0 Å². The molecule has 3 N–H and O–H groups in total. The molecule has 0 bridgehead atoms. The van der Waals surface area contributed by atoms with Gasteiger partial charge < -0.3 is 45.0 Å². The average molecular weight is 404 g/mol. The number of carbonyl (C=O) groups excluding carboxylic acids is 3. The van der Waals surface area contributed by atoms with Crippen molar-refractivity contribution in [2.45, 2.75) is 44.1 Å². The Morgan fingerprint density at radius 2 is 0.962 bits per heavy atom. The van der Waals surface area contributed by atoms with Crippen molar-refractivity contribution in [3.8, 4) is 0 Å². The number of hydrogen-bond donors (Lipinski definition) is 3. The Balaban J connectivity index is -0.000000104. The first kappa shape index (κ1) is 37.1. The largest absolute Gasteiger partial charge is 1.00 e. The third kappa shape index (κ3) is 24.3. The van der Waals surface area contributed by atoms with Crippen LogP contribution < -0.4 is 104 Å². The predicted molar refractivity (Wildman–Crippen MR) is 62.9 cm³/mol. The van der Waals surface area contributed by atoms with Gasteiger partial charge in [-0.1, -0.05) is 0 Å². The maximum Gasteiger partial charge on any atom is 1.00 e. The van der Waals surface area contributed by atoms with Crippen LogP contribution in [0.2, 0.25) is 0 Å². The number of unbranched alkanes of at least 4 members (excludes halogenated alkanes) is 1. The first-order valence-electron chi connectivity index (χ1n) is 6.18. The predicted octanol–water partition coefficient (Wildman–Crippen LogP) is -13.5. The number of carbonyl (C=O) groups is 5. The van der Waals surface area contributed by atoms with Gasteiger partial charge in [-0.05, 0) is 12.8 Å². The summed E-state index contributed by atoms with van der Waals surface area (Å²) in [5, 5.41) is 55.2. The standard InChI is InChI=1S/C6H8O7.C6H10O4.3Na/c7-3(8)1-6(13,5(11)12)2-4(9)10;7-5(8)3-1-2-4-6(9)10;;;/h13H,1-2H2,(H,7,8)(H,9,10)(H,11,12);1-4H2,(H,7,8)(H,9,10);;;/q;;3*+1/p-3. The van der Waals surface area contributed by atoms with Gasteiger partial charge in [-0.3, -0.25) is 9.59 Å². The molecular formula is C12H15Na3O11. The molecule has 0 radical (unpaired) electrons. The average Bonchev–Trinajstić information content (AvgIpc) is 2.32. The van der Waals surface area contributed by atoms with E-state index in [1.807, 2.05) is 0 Å². The van der Waals surface area contributed by atoms with Crippen molar-refractivity contribution in [3.63, 3.8) is 0 Å². The fraction of sp³-hybridized carbons (Fsp3) is 0.583. The molecule has 132 valence electrons. The van der Waals surface area contributed by atoms with Gasteiger partial charge in [0.05, 0.1) is 5.97 Å². The van der Waals surface area contributed by atoms with E-state index in [2.05, 4.69) is 0 Å². The van der Waals surface area contributed by atoms with E-state index in [-0.39, 0.29) is 102 Å². The minimum absolute atomic E-state index is 0. The Bertz CT molecular complexity index is 435. The SMILES string of the molecule is O=C(O)CCCCC(=O)O.O=C([O-])CC(O)(CC(=O)[O-])C(=O)[O-].[Na+].[Na+].[Na+]. The van der Waals surface area contributed by atoms with Crippen molar-refractivity contribution in [1.29, 1.82) is 0 Å². The number of carboxylic acid groups (broad SMARTS) is 5. The summed E-state index contributed by atoms with van der Waals surface area (Å²) in [4.78, 5) is 49.8. The van der Waals surface area contributed by atoms with Gasteiger partial charge in [-0.15, -0.1) is 0 Å². The first-order chi connectivity index (χ1) is 10.4. The van der Waals surface area contributed by atoms with E-state index < -0.39 is 48.3 Å². The summed E-state index contributed by atoms with van der Waals surface area (Å²) in [6.45, 7) is 0. The molecule has 0 spiro atoms. The molecule has 0 atom stereocenters. The Morgan fingerprint density at radius 1 is 0.692 bits per heavy atom. The zero-order chi connectivity index (χ0) is 18.6. The fourth-order valence-electron chi connectivity index (χ4n) is 1.24.